The molecular formula is CH3BrClF. The van der Waals surface area contributed by atoms with Gasteiger partial charge in [-0.2, -0.15) is 0 Å². The lowest BCUT2D eigenvalue weighted by atomic mass is 11.9. The minimum Gasteiger partial charge on any atom is -0.255 e. The summed E-state index contributed by atoms with van der Waals surface area (Å²) in [5.74, 6) is 0. The zero-order valence-electron chi connectivity index (χ0n) is 2.13. The molecule has 4 heavy (non-hydrogen) atoms. The molecule has 0 atom stereocenters. The molecule has 0 aromatic carbocycles. The molecule has 0 aliphatic rings. The van der Waals surface area contributed by atoms with E-state index in [4.69, 9.17) is 0 Å². The lowest BCUT2D eigenvalue weighted by Crippen LogP contribution is -0.939. The molecule has 28 valence electrons. The molecule has 0 saturated carbocycles. The van der Waals surface area contributed by atoms with Crippen LogP contribution in [0.25, 0.3) is 0 Å². The van der Waals surface area contributed by atoms with Gasteiger partial charge in [0.25, 0.3) is 0 Å². The van der Waals surface area contributed by atoms with E-state index in [1.54, 1.807) is 0 Å². The normalized spacial score (nSPS) is 3.00. The molecule has 0 unspecified atom stereocenters. The van der Waals surface area contributed by atoms with Gasteiger partial charge in [0.15, 0.2) is 0 Å². The Morgan fingerprint density at radius 2 is 1.50 bits per heavy atom. The van der Waals surface area contributed by atoms with Crippen molar-refractivity contribution >= 4 is 25.1 Å². The summed E-state index contributed by atoms with van der Waals surface area (Å²) in [6, 6.07) is 0. The fourth-order valence-corrected chi connectivity index (χ4v) is 0. The van der Waals surface area contributed by atoms with Crippen LogP contribution in [0.4, 0.5) is 4.39 Å². The van der Waals surface area contributed by atoms with Crippen molar-refractivity contribution in [1.82, 2.24) is 0 Å². The van der Waals surface area contributed by atoms with Crippen molar-refractivity contribution < 1.29 is 4.39 Å². The Hall–Kier alpha value is 0.700. The summed E-state index contributed by atoms with van der Waals surface area (Å²) in [7, 11) is 4.95. The summed E-state index contributed by atoms with van der Waals surface area (Å²) in [4.78, 5) is 0. The van der Waals surface area contributed by atoms with Crippen molar-refractivity contribution in [3.63, 3.8) is 0 Å². The third kappa shape index (κ3) is 15.9. The van der Waals surface area contributed by atoms with Crippen LogP contribution in [0.2, 0.25) is 0 Å². The van der Waals surface area contributed by atoms with Gasteiger partial charge in [-0.15, -0.1) is 0 Å². The maximum absolute atomic E-state index is 9.50. The second-order valence-electron chi connectivity index (χ2n) is 0. The molecule has 0 N–H and O–H groups in total. The Bertz CT molecular complexity index is 8.00. The zero-order chi connectivity index (χ0) is 4.00. The number of hydrogen-bond acceptors (Lipinski definition) is 0. The van der Waals surface area contributed by atoms with Gasteiger partial charge < -0.3 is 0 Å². The van der Waals surface area contributed by atoms with Gasteiger partial charge in [-0.1, -0.05) is 0 Å². The number of alkyl halides is 1. The molecule has 3 heteroatoms. The van der Waals surface area contributed by atoms with Crippen LogP contribution in [-0.2, 0) is 0 Å². The Morgan fingerprint density at radius 3 is 1.50 bits per heavy atom. The van der Waals surface area contributed by atoms with E-state index in [1.165, 1.54) is 0 Å². The summed E-state index contributed by atoms with van der Waals surface area (Å²) in [6.45, 7) is 0. The molecule has 0 nitrogen and oxygen atoms in total. The van der Waals surface area contributed by atoms with Crippen LogP contribution in [0, 0.1) is 0 Å². The van der Waals surface area contributed by atoms with Gasteiger partial charge in [-0.05, 0) is 10.1 Å². The first kappa shape index (κ1) is 8.83. The minimum absolute atomic E-state index is 0.500. The van der Waals surface area contributed by atoms with Gasteiger partial charge in [-0.25, -0.2) is 0 Å². The Morgan fingerprint density at radius 1 is 1.50 bits per heavy atom. The maximum atomic E-state index is 9.50. The molecule has 0 aromatic heterocycles. The van der Waals surface area contributed by atoms with E-state index in [9.17, 15) is 4.39 Å². The predicted octanol–water partition coefficient (Wildman–Crippen LogP) is 2.12. The second kappa shape index (κ2) is 55.0. The van der Waals surface area contributed by atoms with E-state index in [2.05, 4.69) is 25.1 Å². The highest BCUT2D eigenvalue weighted by atomic mass is 79.9. The molecule has 0 bridgehead atoms. The summed E-state index contributed by atoms with van der Waals surface area (Å²) >= 11 is 2.41. The summed E-state index contributed by atoms with van der Waals surface area (Å²) in [6.07, 6.45) is 0. The summed E-state index contributed by atoms with van der Waals surface area (Å²) in [5, 5.41) is 0. The van der Waals surface area contributed by atoms with E-state index in [0.717, 1.165) is 0 Å². The Balaban J connectivity index is 0. The molecule has 0 heterocycles. The third-order valence-corrected chi connectivity index (χ3v) is 0. The first-order valence-corrected chi connectivity index (χ1v) is 2.60. The van der Waals surface area contributed by atoms with Gasteiger partial charge in [0.05, 0.1) is 7.18 Å². The maximum Gasteiger partial charge on any atom is 0.0785 e. The monoisotopic (exact) mass is 148 g/mol. The number of rotatable bonds is 0. The van der Waals surface area contributed by atoms with E-state index in [0.29, 0.717) is 7.18 Å². The summed E-state index contributed by atoms with van der Waals surface area (Å²) in [5.41, 5.74) is 0. The average molecular weight is 149 g/mol. The van der Waals surface area contributed by atoms with Crippen LogP contribution in [0.15, 0.2) is 0 Å². The highest BCUT2D eigenvalue weighted by Crippen LogP contribution is 1.77. The smallest absolute Gasteiger partial charge is 0.0785 e. The Labute approximate surface area is 37.3 Å². The van der Waals surface area contributed by atoms with Gasteiger partial charge in [0, 0.05) is 15.0 Å². The predicted molar refractivity (Wildman–Crippen MR) is 21.8 cm³/mol. The van der Waals surface area contributed by atoms with E-state index in [1.807, 2.05) is 0 Å². The van der Waals surface area contributed by atoms with Crippen molar-refractivity contribution in [2.24, 2.45) is 0 Å². The second-order valence-corrected chi connectivity index (χ2v) is 0. The van der Waals surface area contributed by atoms with E-state index < -0.39 is 0 Å². The molecule has 0 saturated heterocycles. The largest absolute Gasteiger partial charge is 0.255 e. The van der Waals surface area contributed by atoms with Gasteiger partial charge >= 0.3 is 0 Å². The molecule has 0 aliphatic heterocycles. The van der Waals surface area contributed by atoms with Crippen LogP contribution >= 0.6 is 25.1 Å². The lowest BCUT2D eigenvalue weighted by molar-refractivity contribution is 0.636. The van der Waals surface area contributed by atoms with Gasteiger partial charge in [0.2, 0.25) is 0 Å². The quantitative estimate of drug-likeness (QED) is 0.495. The molecule has 0 rings (SSSR count). The average Bonchev–Trinajstić information content (AvgIpc) is 1.50. The molecule has 0 radical (unpaired) electrons. The molecule has 0 aromatic rings. The standard InChI is InChI=1S/CH3F.BrCl/c2*1-2/h1H3;. The molecule has 0 spiro atoms. The van der Waals surface area contributed by atoms with Crippen molar-refractivity contribution in [3.05, 3.63) is 0 Å². The van der Waals surface area contributed by atoms with Crippen molar-refractivity contribution in [3.8, 4) is 0 Å². The van der Waals surface area contributed by atoms with Gasteiger partial charge in [-0.3, -0.25) is 4.39 Å². The highest BCUT2D eigenvalue weighted by Gasteiger charge is 1.00. The van der Waals surface area contributed by atoms with Crippen LogP contribution in [-0.4, -0.2) is 7.18 Å². The van der Waals surface area contributed by atoms with Crippen molar-refractivity contribution in [2.75, 3.05) is 7.18 Å². The van der Waals surface area contributed by atoms with E-state index in [-0.39, 0.29) is 0 Å². The first-order chi connectivity index (χ1) is 2.00. The van der Waals surface area contributed by atoms with Crippen LogP contribution in [0.3, 0.4) is 0 Å². The SMILES string of the molecule is CF.ClBr. The topological polar surface area (TPSA) is 0 Å². The van der Waals surface area contributed by atoms with Crippen LogP contribution < -0.4 is 0 Å². The number of hydrogen-bond donors (Lipinski definition) is 0. The molecule has 0 fully saturated rings. The minimum atomic E-state index is 0.500. The molecule has 0 amide bonds. The fourth-order valence-electron chi connectivity index (χ4n) is 0. The third-order valence-electron chi connectivity index (χ3n) is 0. The van der Waals surface area contributed by atoms with Crippen molar-refractivity contribution in [2.45, 2.75) is 0 Å². The molecule has 0 aliphatic carbocycles. The summed E-state index contributed by atoms with van der Waals surface area (Å²) < 4.78 is 9.50. The number of halogens is 3. The highest BCUT2D eigenvalue weighted by molar-refractivity contribution is 9.22. The zero-order valence-corrected chi connectivity index (χ0v) is 4.48. The van der Waals surface area contributed by atoms with Crippen molar-refractivity contribution in [1.29, 1.82) is 0 Å². The lowest BCUT2D eigenvalue weighted by Gasteiger charge is -1.10. The first-order valence-electron chi connectivity index (χ1n) is 0.521. The van der Waals surface area contributed by atoms with E-state index >= 15 is 0 Å². The Kier molecular flexibility index (Phi) is 121. The molecular weight excluding hydrogens is 146 g/mol. The van der Waals surface area contributed by atoms with Gasteiger partial charge in [0.1, 0.15) is 0 Å². The fraction of sp³-hybridized carbons (Fsp3) is 1.00. The van der Waals surface area contributed by atoms with Crippen LogP contribution in [0.5, 0.6) is 0 Å². The van der Waals surface area contributed by atoms with Crippen LogP contribution in [0.1, 0.15) is 0 Å².